The Bertz CT molecular complexity index is 1170. The van der Waals surface area contributed by atoms with Gasteiger partial charge >= 0.3 is 0 Å². The Morgan fingerprint density at radius 3 is 2.23 bits per heavy atom. The number of amides is 4. The molecule has 0 spiro atoms. The summed E-state index contributed by atoms with van der Waals surface area (Å²) in [5.74, 6) is -2.19. The number of allylic oxidation sites excluding steroid dienone is 2. The van der Waals surface area contributed by atoms with Crippen molar-refractivity contribution < 1.29 is 23.6 Å². The quantitative estimate of drug-likeness (QED) is 0.254. The second kappa shape index (κ2) is 13.3. The zero-order valence-corrected chi connectivity index (χ0v) is 22.4. The first-order valence-electron chi connectivity index (χ1n) is 13.7. The normalized spacial score (nSPS) is 19.1. The maximum absolute atomic E-state index is 13.8. The third-order valence-electron chi connectivity index (χ3n) is 7.51. The summed E-state index contributed by atoms with van der Waals surface area (Å²) in [7, 11) is 0. The van der Waals surface area contributed by atoms with Crippen molar-refractivity contribution in [2.75, 3.05) is 13.1 Å². The van der Waals surface area contributed by atoms with Gasteiger partial charge in [-0.15, -0.1) is 0 Å². The molecule has 0 aromatic heterocycles. The van der Waals surface area contributed by atoms with Crippen LogP contribution in [0.4, 0.5) is 4.39 Å². The highest BCUT2D eigenvalue weighted by Gasteiger charge is 2.47. The van der Waals surface area contributed by atoms with E-state index in [2.05, 4.69) is 5.32 Å². The summed E-state index contributed by atoms with van der Waals surface area (Å²) < 4.78 is 13.6. The Labute approximate surface area is 229 Å². The molecule has 1 fully saturated rings. The molecule has 0 radical (unpaired) electrons. The summed E-state index contributed by atoms with van der Waals surface area (Å²) in [4.78, 5) is 55.8. The topological polar surface area (TPSA) is 86.8 Å². The van der Waals surface area contributed by atoms with Gasteiger partial charge in [0, 0.05) is 32.5 Å². The molecule has 0 unspecified atom stereocenters. The summed E-state index contributed by atoms with van der Waals surface area (Å²) in [5, 5.41) is 2.96. The number of unbranched alkanes of at least 4 members (excludes halogenated alkanes) is 1. The van der Waals surface area contributed by atoms with Gasteiger partial charge in [-0.1, -0.05) is 68.0 Å². The Kier molecular flexibility index (Phi) is 9.63. The van der Waals surface area contributed by atoms with Gasteiger partial charge in [0.2, 0.25) is 23.6 Å². The molecule has 1 aliphatic carbocycles. The molecule has 2 aromatic carbocycles. The molecule has 206 valence electrons. The van der Waals surface area contributed by atoms with Crippen molar-refractivity contribution in [1.29, 1.82) is 0 Å². The third-order valence-corrected chi connectivity index (χ3v) is 7.51. The lowest BCUT2D eigenvalue weighted by atomic mass is 9.85. The van der Waals surface area contributed by atoms with E-state index in [0.29, 0.717) is 31.4 Å². The van der Waals surface area contributed by atoms with Crippen LogP contribution < -0.4 is 5.32 Å². The monoisotopic (exact) mass is 533 g/mol. The van der Waals surface area contributed by atoms with E-state index in [1.807, 2.05) is 49.4 Å². The van der Waals surface area contributed by atoms with Gasteiger partial charge in [0.1, 0.15) is 11.9 Å². The van der Waals surface area contributed by atoms with Crippen LogP contribution in [0.5, 0.6) is 0 Å². The molecular weight excluding hydrogens is 497 g/mol. The average Bonchev–Trinajstić information content (AvgIpc) is 3.20. The van der Waals surface area contributed by atoms with Crippen LogP contribution in [0.3, 0.4) is 0 Å². The number of nitrogens with zero attached hydrogens (tertiary/aromatic N) is 2. The molecular formula is C31H36FN3O4. The van der Waals surface area contributed by atoms with Crippen LogP contribution >= 0.6 is 0 Å². The highest BCUT2D eigenvalue weighted by Crippen LogP contribution is 2.35. The van der Waals surface area contributed by atoms with E-state index in [-0.39, 0.29) is 55.0 Å². The first-order valence-corrected chi connectivity index (χ1v) is 13.7. The van der Waals surface area contributed by atoms with Gasteiger partial charge in [-0.25, -0.2) is 4.39 Å². The SMILES string of the molecule is CCCCNC(=O)[C@H](Cc1ccccc1)N(Cc1ccc(F)cc1)C(=O)CCN1C(=O)[C@H]2CC=CC[C@H]2C1=O. The van der Waals surface area contributed by atoms with Gasteiger partial charge in [-0.05, 0) is 42.5 Å². The van der Waals surface area contributed by atoms with E-state index in [0.717, 1.165) is 18.4 Å². The van der Waals surface area contributed by atoms with Gasteiger partial charge in [-0.2, -0.15) is 0 Å². The van der Waals surface area contributed by atoms with Crippen LogP contribution in [-0.2, 0) is 32.1 Å². The molecule has 0 bridgehead atoms. The predicted molar refractivity (Wildman–Crippen MR) is 145 cm³/mol. The Hall–Kier alpha value is -3.81. The lowest BCUT2D eigenvalue weighted by molar-refractivity contribution is -0.144. The molecule has 2 aliphatic rings. The number of imide groups is 1. The number of fused-ring (bicyclic) bond motifs is 1. The Morgan fingerprint density at radius 1 is 0.974 bits per heavy atom. The standard InChI is InChI=1S/C31H36FN3O4/c1-2-3-18-33-29(37)27(20-22-9-5-4-6-10-22)35(21-23-13-15-24(32)16-14-23)28(36)17-19-34-30(38)25-11-7-8-12-26(25)31(34)39/h4-10,13-16,25-27H,2-3,11-12,17-21H2,1H3,(H,33,37)/t25-,26+,27-/m0/s1. The molecule has 8 heteroatoms. The van der Waals surface area contributed by atoms with Crippen LogP contribution in [0.15, 0.2) is 66.7 Å². The van der Waals surface area contributed by atoms with Gasteiger partial charge < -0.3 is 10.2 Å². The molecule has 1 aliphatic heterocycles. The van der Waals surface area contributed by atoms with Crippen molar-refractivity contribution in [3.05, 3.63) is 83.7 Å². The number of benzene rings is 2. The number of rotatable bonds is 12. The van der Waals surface area contributed by atoms with Crippen molar-refractivity contribution in [1.82, 2.24) is 15.1 Å². The van der Waals surface area contributed by atoms with Crippen molar-refractivity contribution in [3.63, 3.8) is 0 Å². The Balaban J connectivity index is 1.56. The number of carbonyl (C=O) groups is 4. The van der Waals surface area contributed by atoms with E-state index in [1.54, 1.807) is 12.1 Å². The van der Waals surface area contributed by atoms with Gasteiger partial charge in [-0.3, -0.25) is 24.1 Å². The first kappa shape index (κ1) is 28.2. The average molecular weight is 534 g/mol. The summed E-state index contributed by atoms with van der Waals surface area (Å²) in [6.45, 7) is 2.59. The highest BCUT2D eigenvalue weighted by atomic mass is 19.1. The molecule has 1 saturated heterocycles. The van der Waals surface area contributed by atoms with E-state index in [4.69, 9.17) is 0 Å². The van der Waals surface area contributed by atoms with Crippen molar-refractivity contribution in [3.8, 4) is 0 Å². The molecule has 39 heavy (non-hydrogen) atoms. The molecule has 4 amide bonds. The number of nitrogens with one attached hydrogen (secondary N) is 1. The van der Waals surface area contributed by atoms with Crippen molar-refractivity contribution in [2.45, 2.75) is 58.0 Å². The van der Waals surface area contributed by atoms with Crippen LogP contribution in [0.2, 0.25) is 0 Å². The Morgan fingerprint density at radius 2 is 1.62 bits per heavy atom. The van der Waals surface area contributed by atoms with Crippen LogP contribution in [-0.4, -0.2) is 52.6 Å². The predicted octanol–water partition coefficient (Wildman–Crippen LogP) is 4.02. The molecule has 0 saturated carbocycles. The minimum absolute atomic E-state index is 0.0288. The number of hydrogen-bond acceptors (Lipinski definition) is 4. The zero-order chi connectivity index (χ0) is 27.8. The van der Waals surface area contributed by atoms with Crippen molar-refractivity contribution >= 4 is 23.6 Å². The molecule has 2 aromatic rings. The second-order valence-corrected chi connectivity index (χ2v) is 10.2. The minimum atomic E-state index is -0.821. The fraction of sp³-hybridized carbons (Fsp3) is 0.419. The van der Waals surface area contributed by atoms with Gasteiger partial charge in [0.05, 0.1) is 11.8 Å². The van der Waals surface area contributed by atoms with Crippen LogP contribution in [0, 0.1) is 17.7 Å². The van der Waals surface area contributed by atoms with E-state index in [1.165, 1.54) is 21.9 Å². The first-order chi connectivity index (χ1) is 18.9. The second-order valence-electron chi connectivity index (χ2n) is 10.2. The molecule has 1 N–H and O–H groups in total. The van der Waals surface area contributed by atoms with E-state index in [9.17, 15) is 23.6 Å². The number of likely N-dealkylation sites (tertiary alicyclic amines) is 1. The van der Waals surface area contributed by atoms with E-state index < -0.39 is 11.9 Å². The number of carbonyl (C=O) groups excluding carboxylic acids is 4. The van der Waals surface area contributed by atoms with Crippen molar-refractivity contribution in [2.24, 2.45) is 11.8 Å². The van der Waals surface area contributed by atoms with Gasteiger partial charge in [0.15, 0.2) is 0 Å². The van der Waals surface area contributed by atoms with Gasteiger partial charge in [0.25, 0.3) is 0 Å². The van der Waals surface area contributed by atoms with Crippen LogP contribution in [0.1, 0.15) is 50.2 Å². The minimum Gasteiger partial charge on any atom is -0.354 e. The molecule has 4 rings (SSSR count). The molecule has 3 atom stereocenters. The van der Waals surface area contributed by atoms with E-state index >= 15 is 0 Å². The fourth-order valence-corrected chi connectivity index (χ4v) is 5.29. The molecule has 1 heterocycles. The lowest BCUT2D eigenvalue weighted by Crippen LogP contribution is -2.51. The highest BCUT2D eigenvalue weighted by molar-refractivity contribution is 6.05. The maximum atomic E-state index is 13.8. The third kappa shape index (κ3) is 6.99. The number of hydrogen-bond donors (Lipinski definition) is 1. The van der Waals surface area contributed by atoms with Crippen LogP contribution in [0.25, 0.3) is 0 Å². The maximum Gasteiger partial charge on any atom is 0.243 e. The zero-order valence-electron chi connectivity index (χ0n) is 22.4. The summed E-state index contributed by atoms with van der Waals surface area (Å²) in [6.07, 6.45) is 6.85. The summed E-state index contributed by atoms with van der Waals surface area (Å²) in [6, 6.07) is 14.5. The molecule has 7 nitrogen and oxygen atoms in total. The summed E-state index contributed by atoms with van der Waals surface area (Å²) >= 11 is 0. The fourth-order valence-electron chi connectivity index (χ4n) is 5.29. The lowest BCUT2D eigenvalue weighted by Gasteiger charge is -2.32. The summed E-state index contributed by atoms with van der Waals surface area (Å²) in [5.41, 5.74) is 1.57. The largest absolute Gasteiger partial charge is 0.354 e. The smallest absolute Gasteiger partial charge is 0.243 e. The number of halogens is 1.